The number of hydrogen-bond acceptors (Lipinski definition) is 2. The quantitative estimate of drug-likeness (QED) is 0.842. The fourth-order valence-electron chi connectivity index (χ4n) is 2.65. The Kier molecular flexibility index (Phi) is 3.52. The molecule has 1 aromatic carbocycles. The average Bonchev–Trinajstić information content (AvgIpc) is 2.97. The highest BCUT2D eigenvalue weighted by molar-refractivity contribution is 6.38. The first-order valence-corrected chi connectivity index (χ1v) is 7.08. The third kappa shape index (κ3) is 2.38. The second-order valence-corrected chi connectivity index (χ2v) is 5.77. The molecule has 0 spiro atoms. The minimum atomic E-state index is 0.440. The van der Waals surface area contributed by atoms with Crippen molar-refractivity contribution in [3.63, 3.8) is 0 Å². The molecule has 0 N–H and O–H groups in total. The Morgan fingerprint density at radius 3 is 2.63 bits per heavy atom. The lowest BCUT2D eigenvalue weighted by Crippen LogP contribution is -2.16. The zero-order valence-electron chi connectivity index (χ0n) is 10.7. The van der Waals surface area contributed by atoms with E-state index in [0.717, 1.165) is 30.9 Å². The molecule has 5 heteroatoms. The highest BCUT2D eigenvalue weighted by atomic mass is 35.5. The van der Waals surface area contributed by atoms with Crippen LogP contribution in [-0.4, -0.2) is 34.6 Å². The van der Waals surface area contributed by atoms with Crippen LogP contribution in [0.15, 0.2) is 30.6 Å². The summed E-state index contributed by atoms with van der Waals surface area (Å²) in [5, 5.41) is 1.29. The lowest BCUT2D eigenvalue weighted by Gasteiger charge is -2.16. The largest absolute Gasteiger partial charge is 0.327 e. The zero-order valence-corrected chi connectivity index (χ0v) is 12.2. The van der Waals surface area contributed by atoms with Crippen molar-refractivity contribution in [1.82, 2.24) is 14.5 Å². The van der Waals surface area contributed by atoms with Gasteiger partial charge in [-0.15, -0.1) is 0 Å². The Morgan fingerprint density at radius 2 is 2.00 bits per heavy atom. The van der Waals surface area contributed by atoms with Gasteiger partial charge in [-0.05, 0) is 32.1 Å². The van der Waals surface area contributed by atoms with Crippen molar-refractivity contribution in [2.45, 2.75) is 12.5 Å². The molecular formula is C14H15Cl2N3. The molecule has 19 heavy (non-hydrogen) atoms. The van der Waals surface area contributed by atoms with E-state index in [1.165, 1.54) is 0 Å². The van der Waals surface area contributed by atoms with Gasteiger partial charge < -0.3 is 9.47 Å². The number of aromatic nitrogens is 2. The van der Waals surface area contributed by atoms with Gasteiger partial charge in [0.1, 0.15) is 5.82 Å². The Bertz CT molecular complexity index is 574. The van der Waals surface area contributed by atoms with Gasteiger partial charge in [0, 0.05) is 25.0 Å². The molecule has 3 rings (SSSR count). The predicted molar refractivity (Wildman–Crippen MR) is 78.8 cm³/mol. The van der Waals surface area contributed by atoms with Crippen molar-refractivity contribution in [1.29, 1.82) is 0 Å². The molecule has 2 aromatic rings. The molecule has 0 bridgehead atoms. The molecule has 0 radical (unpaired) electrons. The third-order valence-corrected chi connectivity index (χ3v) is 4.24. The molecule has 1 saturated heterocycles. The van der Waals surface area contributed by atoms with Crippen LogP contribution in [0.2, 0.25) is 10.0 Å². The normalized spacial score (nSPS) is 20.1. The molecule has 1 fully saturated rings. The van der Waals surface area contributed by atoms with E-state index in [-0.39, 0.29) is 0 Å². The van der Waals surface area contributed by atoms with Crippen molar-refractivity contribution in [3.05, 3.63) is 40.6 Å². The van der Waals surface area contributed by atoms with E-state index in [1.807, 2.05) is 30.6 Å². The van der Waals surface area contributed by atoms with Crippen molar-refractivity contribution in [3.8, 4) is 11.4 Å². The second kappa shape index (κ2) is 5.16. The van der Waals surface area contributed by atoms with Crippen LogP contribution in [0.5, 0.6) is 0 Å². The standard InChI is InChI=1S/C14H15Cl2N3/c1-18-7-5-10(9-18)19-8-6-17-14(19)13-11(15)3-2-4-12(13)16/h2-4,6,8,10H,5,7,9H2,1H3. The molecule has 1 atom stereocenters. The van der Waals surface area contributed by atoms with E-state index < -0.39 is 0 Å². The number of likely N-dealkylation sites (N-methyl/N-ethyl adjacent to an activating group) is 1. The van der Waals surface area contributed by atoms with Crippen molar-refractivity contribution in [2.24, 2.45) is 0 Å². The van der Waals surface area contributed by atoms with E-state index in [0.29, 0.717) is 16.1 Å². The van der Waals surface area contributed by atoms with Crippen molar-refractivity contribution < 1.29 is 0 Å². The average molecular weight is 296 g/mol. The second-order valence-electron chi connectivity index (χ2n) is 4.96. The fraction of sp³-hybridized carbons (Fsp3) is 0.357. The van der Waals surface area contributed by atoms with E-state index in [2.05, 4.69) is 21.5 Å². The monoisotopic (exact) mass is 295 g/mol. The number of likely N-dealkylation sites (tertiary alicyclic amines) is 1. The number of rotatable bonds is 2. The lowest BCUT2D eigenvalue weighted by atomic mass is 10.2. The minimum Gasteiger partial charge on any atom is -0.327 e. The van der Waals surface area contributed by atoms with Crippen LogP contribution in [0.3, 0.4) is 0 Å². The van der Waals surface area contributed by atoms with Gasteiger partial charge >= 0.3 is 0 Å². The van der Waals surface area contributed by atoms with Gasteiger partial charge in [-0.2, -0.15) is 0 Å². The maximum absolute atomic E-state index is 6.28. The third-order valence-electron chi connectivity index (χ3n) is 3.61. The molecule has 0 aliphatic carbocycles. The summed E-state index contributed by atoms with van der Waals surface area (Å²) >= 11 is 12.6. The van der Waals surface area contributed by atoms with E-state index in [1.54, 1.807) is 0 Å². The van der Waals surface area contributed by atoms with Crippen molar-refractivity contribution >= 4 is 23.2 Å². The SMILES string of the molecule is CN1CCC(n2ccnc2-c2c(Cl)cccc2Cl)C1. The molecule has 3 nitrogen and oxygen atoms in total. The Labute approximate surface area is 122 Å². The number of nitrogens with zero attached hydrogens (tertiary/aromatic N) is 3. The van der Waals surface area contributed by atoms with E-state index in [4.69, 9.17) is 23.2 Å². The van der Waals surface area contributed by atoms with Gasteiger partial charge in [-0.1, -0.05) is 29.3 Å². The molecule has 1 aromatic heterocycles. The molecule has 1 aliphatic rings. The Balaban J connectivity index is 2.05. The highest BCUT2D eigenvalue weighted by Crippen LogP contribution is 2.35. The summed E-state index contributed by atoms with van der Waals surface area (Å²) in [6.07, 6.45) is 4.95. The topological polar surface area (TPSA) is 21.1 Å². The first-order chi connectivity index (χ1) is 9.16. The summed E-state index contributed by atoms with van der Waals surface area (Å²) in [6, 6.07) is 5.99. The summed E-state index contributed by atoms with van der Waals surface area (Å²) in [4.78, 5) is 6.78. The summed E-state index contributed by atoms with van der Waals surface area (Å²) in [5.74, 6) is 0.857. The zero-order chi connectivity index (χ0) is 13.4. The van der Waals surface area contributed by atoms with E-state index >= 15 is 0 Å². The first kappa shape index (κ1) is 13.0. The number of benzene rings is 1. The maximum Gasteiger partial charge on any atom is 0.143 e. The lowest BCUT2D eigenvalue weighted by molar-refractivity contribution is 0.393. The van der Waals surface area contributed by atoms with Crippen LogP contribution < -0.4 is 0 Å². The first-order valence-electron chi connectivity index (χ1n) is 6.32. The van der Waals surface area contributed by atoms with Gasteiger partial charge in [-0.25, -0.2) is 4.98 Å². The fourth-order valence-corrected chi connectivity index (χ4v) is 3.22. The van der Waals surface area contributed by atoms with E-state index in [9.17, 15) is 0 Å². The predicted octanol–water partition coefficient (Wildman–Crippen LogP) is 3.73. The number of halogens is 2. The van der Waals surface area contributed by atoms with Crippen molar-refractivity contribution in [2.75, 3.05) is 20.1 Å². The Hall–Kier alpha value is -1.03. The maximum atomic E-state index is 6.28. The smallest absolute Gasteiger partial charge is 0.143 e. The van der Waals surface area contributed by atoms with Crippen LogP contribution in [0.1, 0.15) is 12.5 Å². The van der Waals surface area contributed by atoms with Crippen LogP contribution in [-0.2, 0) is 0 Å². The molecule has 0 amide bonds. The van der Waals surface area contributed by atoms with Gasteiger partial charge in [0.15, 0.2) is 0 Å². The van der Waals surface area contributed by atoms with Crippen LogP contribution in [0.25, 0.3) is 11.4 Å². The molecule has 2 heterocycles. The summed E-state index contributed by atoms with van der Waals surface area (Å²) in [7, 11) is 2.14. The number of hydrogen-bond donors (Lipinski definition) is 0. The van der Waals surface area contributed by atoms with Gasteiger partial charge in [0.05, 0.1) is 15.6 Å². The van der Waals surface area contributed by atoms with Crippen LogP contribution in [0.4, 0.5) is 0 Å². The van der Waals surface area contributed by atoms with Gasteiger partial charge in [0.2, 0.25) is 0 Å². The molecule has 0 saturated carbocycles. The van der Waals surface area contributed by atoms with Crippen LogP contribution in [0, 0.1) is 0 Å². The molecule has 100 valence electrons. The molecule has 1 unspecified atom stereocenters. The highest BCUT2D eigenvalue weighted by Gasteiger charge is 2.24. The van der Waals surface area contributed by atoms with Gasteiger partial charge in [-0.3, -0.25) is 0 Å². The summed E-state index contributed by atoms with van der Waals surface area (Å²) < 4.78 is 2.19. The Morgan fingerprint density at radius 1 is 1.26 bits per heavy atom. The van der Waals surface area contributed by atoms with Gasteiger partial charge in [0.25, 0.3) is 0 Å². The minimum absolute atomic E-state index is 0.440. The summed E-state index contributed by atoms with van der Waals surface area (Å²) in [6.45, 7) is 2.14. The molecule has 1 aliphatic heterocycles. The van der Waals surface area contributed by atoms with Crippen LogP contribution >= 0.6 is 23.2 Å². The number of imidazole rings is 1. The summed E-state index contributed by atoms with van der Waals surface area (Å²) in [5.41, 5.74) is 0.824. The molecular weight excluding hydrogens is 281 g/mol.